The van der Waals surface area contributed by atoms with Crippen molar-refractivity contribution in [1.82, 2.24) is 15.6 Å². The minimum absolute atomic E-state index is 0. The van der Waals surface area contributed by atoms with Gasteiger partial charge in [0.25, 0.3) is 0 Å². The van der Waals surface area contributed by atoms with Gasteiger partial charge >= 0.3 is 0 Å². The molecular formula is C17H25IN4OS. The fourth-order valence-electron chi connectivity index (χ4n) is 2.11. The lowest BCUT2D eigenvalue weighted by atomic mass is 10.3. The SMILES string of the molecule is CCNC(=NCc1cccnc1OC)NCc1ccc(CC)s1.I. The first kappa shape index (κ1) is 20.7. The number of hydrogen-bond acceptors (Lipinski definition) is 4. The molecule has 2 rings (SSSR count). The van der Waals surface area contributed by atoms with Crippen molar-refractivity contribution < 1.29 is 4.74 Å². The molecule has 0 spiro atoms. The number of nitrogens with zero attached hydrogens (tertiary/aromatic N) is 2. The minimum atomic E-state index is 0. The number of aryl methyl sites for hydroxylation is 1. The number of hydrogen-bond donors (Lipinski definition) is 2. The fraction of sp³-hybridized carbons (Fsp3) is 0.412. The van der Waals surface area contributed by atoms with Gasteiger partial charge in [0.2, 0.25) is 5.88 Å². The Kier molecular flexibility index (Phi) is 9.70. The standard InChI is InChI=1S/C17H24N4OS.HI/c1-4-14-8-9-15(23-14)12-21-17(18-5-2)20-11-13-7-6-10-19-16(13)22-3;/h6-10H,4-5,11-12H2,1-3H3,(H2,18,20,21);1H. The molecule has 0 amide bonds. The van der Waals surface area contributed by atoms with Gasteiger partial charge in [-0.05, 0) is 31.5 Å². The smallest absolute Gasteiger partial charge is 0.218 e. The van der Waals surface area contributed by atoms with E-state index in [9.17, 15) is 0 Å². The summed E-state index contributed by atoms with van der Waals surface area (Å²) < 4.78 is 5.26. The Labute approximate surface area is 165 Å². The molecule has 0 aliphatic heterocycles. The van der Waals surface area contributed by atoms with E-state index in [0.717, 1.165) is 31.0 Å². The number of pyridine rings is 1. The number of ether oxygens (including phenoxy) is 1. The topological polar surface area (TPSA) is 58.5 Å². The molecule has 2 heterocycles. The van der Waals surface area contributed by atoms with E-state index in [1.165, 1.54) is 9.75 Å². The third-order valence-corrected chi connectivity index (χ3v) is 4.52. The summed E-state index contributed by atoms with van der Waals surface area (Å²) in [5.41, 5.74) is 0.969. The zero-order chi connectivity index (χ0) is 16.5. The van der Waals surface area contributed by atoms with Crippen LogP contribution < -0.4 is 15.4 Å². The van der Waals surface area contributed by atoms with Crippen LogP contribution in [0, 0.1) is 0 Å². The van der Waals surface area contributed by atoms with Crippen molar-refractivity contribution in [3.05, 3.63) is 45.8 Å². The highest BCUT2D eigenvalue weighted by atomic mass is 127. The molecule has 5 nitrogen and oxygen atoms in total. The van der Waals surface area contributed by atoms with E-state index in [0.29, 0.717) is 12.4 Å². The molecule has 0 radical (unpaired) electrons. The lowest BCUT2D eigenvalue weighted by molar-refractivity contribution is 0.392. The zero-order valence-electron chi connectivity index (χ0n) is 14.3. The van der Waals surface area contributed by atoms with E-state index in [4.69, 9.17) is 4.74 Å². The summed E-state index contributed by atoms with van der Waals surface area (Å²) in [7, 11) is 1.63. The Morgan fingerprint density at radius 2 is 2.00 bits per heavy atom. The van der Waals surface area contributed by atoms with E-state index in [1.54, 1.807) is 13.3 Å². The fourth-order valence-corrected chi connectivity index (χ4v) is 3.01. The quantitative estimate of drug-likeness (QED) is 0.377. The first-order valence-corrected chi connectivity index (χ1v) is 8.66. The van der Waals surface area contributed by atoms with Gasteiger partial charge in [0.1, 0.15) is 0 Å². The van der Waals surface area contributed by atoms with Gasteiger partial charge in [0.05, 0.1) is 20.2 Å². The maximum absolute atomic E-state index is 5.26. The molecule has 0 fully saturated rings. The Hall–Kier alpha value is -1.35. The molecule has 0 atom stereocenters. The number of thiophene rings is 1. The summed E-state index contributed by atoms with van der Waals surface area (Å²) >= 11 is 1.84. The Morgan fingerprint density at radius 1 is 1.21 bits per heavy atom. The molecule has 24 heavy (non-hydrogen) atoms. The van der Waals surface area contributed by atoms with Gasteiger partial charge < -0.3 is 15.4 Å². The lowest BCUT2D eigenvalue weighted by Gasteiger charge is -2.11. The van der Waals surface area contributed by atoms with Crippen LogP contribution in [-0.2, 0) is 19.5 Å². The van der Waals surface area contributed by atoms with Crippen molar-refractivity contribution in [2.45, 2.75) is 33.4 Å². The molecular weight excluding hydrogens is 435 g/mol. The van der Waals surface area contributed by atoms with Gasteiger partial charge in [0.15, 0.2) is 5.96 Å². The highest BCUT2D eigenvalue weighted by Crippen LogP contribution is 2.17. The van der Waals surface area contributed by atoms with Gasteiger partial charge in [-0.2, -0.15) is 0 Å². The molecule has 0 aliphatic rings. The van der Waals surface area contributed by atoms with E-state index in [-0.39, 0.29) is 24.0 Å². The van der Waals surface area contributed by atoms with E-state index in [2.05, 4.69) is 46.6 Å². The monoisotopic (exact) mass is 460 g/mol. The van der Waals surface area contributed by atoms with Crippen LogP contribution in [0.2, 0.25) is 0 Å². The number of guanidine groups is 1. The van der Waals surface area contributed by atoms with Gasteiger partial charge in [-0.15, -0.1) is 35.3 Å². The van der Waals surface area contributed by atoms with Crippen molar-refractivity contribution in [3.63, 3.8) is 0 Å². The first-order valence-electron chi connectivity index (χ1n) is 7.84. The van der Waals surface area contributed by atoms with Crippen LogP contribution in [0.1, 0.15) is 29.2 Å². The number of aliphatic imine (C=N–C) groups is 1. The van der Waals surface area contributed by atoms with Crippen molar-refractivity contribution in [3.8, 4) is 5.88 Å². The number of methoxy groups -OCH3 is 1. The molecule has 0 bridgehead atoms. The van der Waals surface area contributed by atoms with Crippen molar-refractivity contribution >= 4 is 41.3 Å². The van der Waals surface area contributed by atoms with E-state index >= 15 is 0 Å². The van der Waals surface area contributed by atoms with Gasteiger partial charge in [-0.1, -0.05) is 13.0 Å². The van der Waals surface area contributed by atoms with Crippen LogP contribution in [0.4, 0.5) is 0 Å². The van der Waals surface area contributed by atoms with Gasteiger partial charge in [-0.3, -0.25) is 0 Å². The third kappa shape index (κ3) is 6.27. The molecule has 0 aromatic carbocycles. The maximum atomic E-state index is 5.26. The molecule has 2 aromatic rings. The maximum Gasteiger partial charge on any atom is 0.218 e. The normalized spacial score (nSPS) is 10.9. The predicted molar refractivity (Wildman–Crippen MR) is 112 cm³/mol. The summed E-state index contributed by atoms with van der Waals surface area (Å²) in [5.74, 6) is 1.42. The second-order valence-corrected chi connectivity index (χ2v) is 6.19. The lowest BCUT2D eigenvalue weighted by Crippen LogP contribution is -2.36. The second kappa shape index (κ2) is 11.2. The van der Waals surface area contributed by atoms with Gasteiger partial charge in [0, 0.05) is 28.1 Å². The van der Waals surface area contributed by atoms with Crippen molar-refractivity contribution in [1.29, 1.82) is 0 Å². The zero-order valence-corrected chi connectivity index (χ0v) is 17.5. The summed E-state index contributed by atoms with van der Waals surface area (Å²) in [6, 6.07) is 8.23. The molecule has 0 saturated heterocycles. The highest BCUT2D eigenvalue weighted by molar-refractivity contribution is 14.0. The Morgan fingerprint density at radius 3 is 2.67 bits per heavy atom. The van der Waals surface area contributed by atoms with Crippen LogP contribution in [0.15, 0.2) is 35.5 Å². The van der Waals surface area contributed by atoms with Crippen LogP contribution in [-0.4, -0.2) is 24.6 Å². The van der Waals surface area contributed by atoms with Crippen molar-refractivity contribution in [2.75, 3.05) is 13.7 Å². The van der Waals surface area contributed by atoms with E-state index in [1.807, 2.05) is 23.5 Å². The molecule has 0 aliphatic carbocycles. The van der Waals surface area contributed by atoms with Crippen LogP contribution in [0.3, 0.4) is 0 Å². The summed E-state index contributed by atoms with van der Waals surface area (Å²) in [6.45, 7) is 6.36. The average Bonchev–Trinajstić information content (AvgIpc) is 3.05. The Bertz CT molecular complexity index is 645. The molecule has 2 N–H and O–H groups in total. The van der Waals surface area contributed by atoms with Crippen LogP contribution in [0.5, 0.6) is 5.88 Å². The number of aromatic nitrogens is 1. The predicted octanol–water partition coefficient (Wildman–Crippen LogP) is 3.59. The molecule has 7 heteroatoms. The minimum Gasteiger partial charge on any atom is -0.481 e. The molecule has 0 unspecified atom stereocenters. The molecule has 0 saturated carbocycles. The van der Waals surface area contributed by atoms with Crippen LogP contribution >= 0.6 is 35.3 Å². The summed E-state index contributed by atoms with van der Waals surface area (Å²) in [4.78, 5) is 11.5. The van der Waals surface area contributed by atoms with Gasteiger partial charge in [-0.25, -0.2) is 9.98 Å². The average molecular weight is 460 g/mol. The third-order valence-electron chi connectivity index (χ3n) is 3.29. The molecule has 2 aromatic heterocycles. The number of nitrogens with one attached hydrogen (secondary N) is 2. The van der Waals surface area contributed by atoms with E-state index < -0.39 is 0 Å². The highest BCUT2D eigenvalue weighted by Gasteiger charge is 2.04. The number of halogens is 1. The summed E-state index contributed by atoms with van der Waals surface area (Å²) in [6.07, 6.45) is 2.80. The Balaban J connectivity index is 0.00000288. The van der Waals surface area contributed by atoms with Crippen LogP contribution in [0.25, 0.3) is 0 Å². The molecule has 132 valence electrons. The number of rotatable bonds is 7. The van der Waals surface area contributed by atoms with Crippen molar-refractivity contribution in [2.24, 2.45) is 4.99 Å². The summed E-state index contributed by atoms with van der Waals surface area (Å²) in [5, 5.41) is 6.63. The second-order valence-electron chi connectivity index (χ2n) is 4.94. The largest absolute Gasteiger partial charge is 0.481 e. The first-order chi connectivity index (χ1) is 11.3.